The van der Waals surface area contributed by atoms with Gasteiger partial charge < -0.3 is 4.90 Å². The van der Waals surface area contributed by atoms with Crippen LogP contribution in [0.15, 0.2) is 0 Å². The van der Waals surface area contributed by atoms with Crippen molar-refractivity contribution in [3.8, 4) is 0 Å². The van der Waals surface area contributed by atoms with E-state index in [0.29, 0.717) is 11.8 Å². The van der Waals surface area contributed by atoms with Crippen molar-refractivity contribution >= 4 is 17.5 Å². The van der Waals surface area contributed by atoms with Crippen molar-refractivity contribution in [2.75, 3.05) is 13.1 Å². The lowest BCUT2D eigenvalue weighted by Gasteiger charge is -2.36. The van der Waals surface area contributed by atoms with E-state index < -0.39 is 0 Å². The molecule has 0 bridgehead atoms. The van der Waals surface area contributed by atoms with Crippen LogP contribution < -0.4 is 0 Å². The first-order valence-corrected chi connectivity index (χ1v) is 6.46. The minimum absolute atomic E-state index is 0.0267. The molecule has 0 N–H and O–H groups in total. The molecule has 0 aromatic carbocycles. The highest BCUT2D eigenvalue weighted by Gasteiger charge is 2.50. The molecule has 0 aromatic rings. The lowest BCUT2D eigenvalue weighted by atomic mass is 9.95. The van der Waals surface area contributed by atoms with Crippen molar-refractivity contribution in [2.24, 2.45) is 11.3 Å². The molecular formula is C12H20ClNO. The van der Waals surface area contributed by atoms with Gasteiger partial charge in [0.2, 0.25) is 5.91 Å². The summed E-state index contributed by atoms with van der Waals surface area (Å²) in [4.78, 5) is 14.3. The minimum atomic E-state index is 0.0267. The molecule has 2 fully saturated rings. The molecule has 1 saturated carbocycles. The van der Waals surface area contributed by atoms with Gasteiger partial charge in [-0.1, -0.05) is 13.8 Å². The van der Waals surface area contributed by atoms with Gasteiger partial charge in [-0.25, -0.2) is 0 Å². The second-order valence-corrected chi connectivity index (χ2v) is 5.73. The van der Waals surface area contributed by atoms with Crippen LogP contribution >= 0.6 is 11.6 Å². The molecule has 15 heavy (non-hydrogen) atoms. The molecular weight excluding hydrogens is 210 g/mol. The van der Waals surface area contributed by atoms with Crippen LogP contribution in [0, 0.1) is 11.3 Å². The molecule has 0 radical (unpaired) electrons. The Hall–Kier alpha value is -0.240. The van der Waals surface area contributed by atoms with Crippen LogP contribution in [0.4, 0.5) is 0 Å². The molecule has 1 aliphatic carbocycles. The number of amides is 1. The fourth-order valence-electron chi connectivity index (χ4n) is 2.51. The van der Waals surface area contributed by atoms with Crippen molar-refractivity contribution in [1.82, 2.24) is 4.90 Å². The normalized spacial score (nSPS) is 33.9. The van der Waals surface area contributed by atoms with Crippen molar-refractivity contribution in [1.29, 1.82) is 0 Å². The first kappa shape index (κ1) is 11.3. The summed E-state index contributed by atoms with van der Waals surface area (Å²) >= 11 is 6.16. The van der Waals surface area contributed by atoms with Crippen LogP contribution in [0.2, 0.25) is 0 Å². The summed E-state index contributed by atoms with van der Waals surface area (Å²) in [6.45, 7) is 5.99. The summed E-state index contributed by atoms with van der Waals surface area (Å²) in [6, 6.07) is 0. The van der Waals surface area contributed by atoms with E-state index in [1.165, 1.54) is 0 Å². The molecule has 1 aliphatic heterocycles. The van der Waals surface area contributed by atoms with Gasteiger partial charge in [0.05, 0.1) is 0 Å². The third-order valence-electron chi connectivity index (χ3n) is 4.07. The van der Waals surface area contributed by atoms with E-state index in [1.807, 2.05) is 4.90 Å². The number of carbonyl (C=O) groups is 1. The van der Waals surface area contributed by atoms with Crippen LogP contribution in [0.5, 0.6) is 0 Å². The molecule has 0 spiro atoms. The number of carbonyl (C=O) groups excluding carboxylic acids is 1. The van der Waals surface area contributed by atoms with E-state index >= 15 is 0 Å². The molecule has 2 nitrogen and oxygen atoms in total. The zero-order chi connectivity index (χ0) is 11.1. The number of hydrogen-bond donors (Lipinski definition) is 0. The maximum Gasteiger partial charge on any atom is 0.228 e. The lowest BCUT2D eigenvalue weighted by molar-refractivity contribution is -0.138. The van der Waals surface area contributed by atoms with Crippen LogP contribution in [0.3, 0.4) is 0 Å². The molecule has 1 saturated heterocycles. The van der Waals surface area contributed by atoms with Crippen molar-refractivity contribution in [3.05, 3.63) is 0 Å². The largest absolute Gasteiger partial charge is 0.342 e. The van der Waals surface area contributed by atoms with Gasteiger partial charge in [-0.2, -0.15) is 0 Å². The van der Waals surface area contributed by atoms with E-state index in [4.69, 9.17) is 11.6 Å². The Morgan fingerprint density at radius 2 is 2.20 bits per heavy atom. The number of halogens is 1. The molecule has 1 amide bonds. The molecule has 1 heterocycles. The van der Waals surface area contributed by atoms with E-state index in [1.54, 1.807) is 0 Å². The number of alkyl halides is 1. The summed E-state index contributed by atoms with van der Waals surface area (Å²) in [5, 5.41) is 0.255. The molecule has 2 unspecified atom stereocenters. The maximum absolute atomic E-state index is 12.2. The Morgan fingerprint density at radius 1 is 1.53 bits per heavy atom. The van der Waals surface area contributed by atoms with Gasteiger partial charge in [-0.3, -0.25) is 4.79 Å². The maximum atomic E-state index is 12.2. The highest BCUT2D eigenvalue weighted by atomic mass is 35.5. The predicted molar refractivity (Wildman–Crippen MR) is 62.0 cm³/mol. The average molecular weight is 230 g/mol. The van der Waals surface area contributed by atoms with Crippen molar-refractivity contribution < 1.29 is 4.79 Å². The zero-order valence-corrected chi connectivity index (χ0v) is 10.4. The highest BCUT2D eigenvalue weighted by Crippen LogP contribution is 2.50. The van der Waals surface area contributed by atoms with Crippen LogP contribution in [0.25, 0.3) is 0 Å². The average Bonchev–Trinajstić information content (AvgIpc) is 3.02. The van der Waals surface area contributed by atoms with E-state index in [2.05, 4.69) is 13.8 Å². The molecule has 2 atom stereocenters. The molecule has 0 aromatic heterocycles. The Morgan fingerprint density at radius 3 is 2.67 bits per heavy atom. The quantitative estimate of drug-likeness (QED) is 0.667. The minimum Gasteiger partial charge on any atom is -0.342 e. The monoisotopic (exact) mass is 229 g/mol. The Bertz CT molecular complexity index is 262. The molecule has 2 aliphatic rings. The van der Waals surface area contributed by atoms with Gasteiger partial charge in [-0.15, -0.1) is 11.6 Å². The summed E-state index contributed by atoms with van der Waals surface area (Å²) in [7, 11) is 0. The van der Waals surface area contributed by atoms with Gasteiger partial charge in [-0.05, 0) is 31.6 Å². The second kappa shape index (κ2) is 3.97. The smallest absolute Gasteiger partial charge is 0.228 e. The predicted octanol–water partition coefficient (Wildman–Crippen LogP) is 2.65. The van der Waals surface area contributed by atoms with Gasteiger partial charge >= 0.3 is 0 Å². The van der Waals surface area contributed by atoms with Gasteiger partial charge in [0.1, 0.15) is 0 Å². The summed E-state index contributed by atoms with van der Waals surface area (Å²) in [6.07, 6.45) is 4.14. The summed E-state index contributed by atoms with van der Waals surface area (Å²) in [5.74, 6) is 0.831. The Kier molecular flexibility index (Phi) is 2.98. The molecule has 86 valence electrons. The summed E-state index contributed by atoms with van der Waals surface area (Å²) in [5.41, 5.74) is 0.0267. The molecule has 3 heteroatoms. The van der Waals surface area contributed by atoms with E-state index in [-0.39, 0.29) is 10.8 Å². The van der Waals surface area contributed by atoms with Crippen LogP contribution in [-0.4, -0.2) is 29.3 Å². The fraction of sp³-hybridized carbons (Fsp3) is 0.917. The van der Waals surface area contributed by atoms with E-state index in [9.17, 15) is 4.79 Å². The van der Waals surface area contributed by atoms with Gasteiger partial charge in [0, 0.05) is 23.9 Å². The number of rotatable bonds is 2. The third kappa shape index (κ3) is 2.01. The first-order valence-electron chi connectivity index (χ1n) is 6.02. The first-order chi connectivity index (χ1) is 7.09. The topological polar surface area (TPSA) is 20.3 Å². The zero-order valence-electron chi connectivity index (χ0n) is 9.63. The van der Waals surface area contributed by atoms with Crippen LogP contribution in [0.1, 0.15) is 39.5 Å². The van der Waals surface area contributed by atoms with Gasteiger partial charge in [0.15, 0.2) is 0 Å². The standard InChI is InChI=1S/C12H20ClNO/c1-3-12(5-6-12)11(15)14-7-4-10(13)9(2)8-14/h9-10H,3-8H2,1-2H3. The lowest BCUT2D eigenvalue weighted by Crippen LogP contribution is -2.46. The number of hydrogen-bond acceptors (Lipinski definition) is 1. The van der Waals surface area contributed by atoms with Crippen LogP contribution in [-0.2, 0) is 4.79 Å². The van der Waals surface area contributed by atoms with Gasteiger partial charge in [0.25, 0.3) is 0 Å². The Balaban J connectivity index is 1.97. The third-order valence-corrected chi connectivity index (χ3v) is 4.72. The number of piperidine rings is 1. The fourth-order valence-corrected chi connectivity index (χ4v) is 2.68. The molecule has 2 rings (SSSR count). The van der Waals surface area contributed by atoms with Crippen molar-refractivity contribution in [3.63, 3.8) is 0 Å². The number of nitrogens with zero attached hydrogens (tertiary/aromatic N) is 1. The Labute approximate surface area is 97.0 Å². The number of likely N-dealkylation sites (tertiary alicyclic amines) is 1. The summed E-state index contributed by atoms with van der Waals surface area (Å²) < 4.78 is 0. The van der Waals surface area contributed by atoms with E-state index in [0.717, 1.165) is 38.8 Å². The SMILES string of the molecule is CCC1(C(=O)N2CCC(Cl)C(C)C2)CC1. The highest BCUT2D eigenvalue weighted by molar-refractivity contribution is 6.20. The van der Waals surface area contributed by atoms with Crippen molar-refractivity contribution in [2.45, 2.75) is 44.9 Å². The second-order valence-electron chi connectivity index (χ2n) is 5.17.